The first-order valence-electron chi connectivity index (χ1n) is 3.90. The maximum Gasteiger partial charge on any atom is 1.00 e. The van der Waals surface area contributed by atoms with Crippen molar-refractivity contribution in [2.24, 2.45) is 11.8 Å². The van der Waals surface area contributed by atoms with E-state index in [2.05, 4.69) is 13.8 Å². The Labute approximate surface area is 119 Å². The van der Waals surface area contributed by atoms with Crippen LogP contribution in [0.25, 0.3) is 0 Å². The second kappa shape index (κ2) is 9.12. The van der Waals surface area contributed by atoms with Gasteiger partial charge in [-0.25, -0.2) is 0 Å². The zero-order chi connectivity index (χ0) is 6.85. The summed E-state index contributed by atoms with van der Waals surface area (Å²) in [5.74, 6) is 1.26. The maximum absolute atomic E-state index is 9.36. The normalized spacial score (nSPS) is 27.0. The fourth-order valence-electron chi connectivity index (χ4n) is 1.75. The van der Waals surface area contributed by atoms with E-state index in [0.717, 1.165) is 6.42 Å². The molecule has 1 rings (SSSR count). The SMILES string of the molecule is CC(C)C1CCCC1O.[CH3-].[K+].[OH-]. The molecule has 3 heteroatoms. The summed E-state index contributed by atoms with van der Waals surface area (Å²) in [7, 11) is 0. The van der Waals surface area contributed by atoms with E-state index >= 15 is 0 Å². The summed E-state index contributed by atoms with van der Waals surface area (Å²) < 4.78 is 0. The zero-order valence-electron chi connectivity index (χ0n) is 8.75. The molecule has 0 saturated heterocycles. The van der Waals surface area contributed by atoms with Crippen LogP contribution in [0.4, 0.5) is 0 Å². The summed E-state index contributed by atoms with van der Waals surface area (Å²) in [4.78, 5) is 0. The molecule has 0 aliphatic heterocycles. The van der Waals surface area contributed by atoms with Gasteiger partial charge >= 0.3 is 51.4 Å². The molecule has 1 fully saturated rings. The molecular formula is C9H20KO2-. The monoisotopic (exact) mass is 199 g/mol. The van der Waals surface area contributed by atoms with Crippen molar-refractivity contribution < 1.29 is 62.0 Å². The van der Waals surface area contributed by atoms with E-state index < -0.39 is 0 Å². The molecule has 1 saturated carbocycles. The van der Waals surface area contributed by atoms with Gasteiger partial charge in [0.2, 0.25) is 0 Å². The van der Waals surface area contributed by atoms with E-state index in [4.69, 9.17) is 0 Å². The van der Waals surface area contributed by atoms with Crippen molar-refractivity contribution in [3.05, 3.63) is 7.43 Å². The minimum atomic E-state index is 0. The Kier molecular flexibility index (Phi) is 14.6. The molecule has 2 N–H and O–H groups in total. The quantitative estimate of drug-likeness (QED) is 0.439. The summed E-state index contributed by atoms with van der Waals surface area (Å²) in [5, 5.41) is 9.36. The van der Waals surface area contributed by atoms with Gasteiger partial charge in [0.05, 0.1) is 6.10 Å². The minimum absolute atomic E-state index is 0. The molecule has 1 aliphatic rings. The number of aliphatic hydroxyl groups excluding tert-OH is 1. The van der Waals surface area contributed by atoms with Crippen LogP contribution in [-0.2, 0) is 0 Å². The smallest absolute Gasteiger partial charge is 0.870 e. The van der Waals surface area contributed by atoms with Gasteiger partial charge in [0.25, 0.3) is 0 Å². The van der Waals surface area contributed by atoms with Crippen molar-refractivity contribution in [2.45, 2.75) is 39.2 Å². The predicted molar refractivity (Wildman–Crippen MR) is 46.5 cm³/mol. The number of aliphatic hydroxyl groups is 1. The molecule has 0 bridgehead atoms. The molecule has 2 unspecified atom stereocenters. The molecular weight excluding hydrogens is 179 g/mol. The molecule has 1 aliphatic carbocycles. The van der Waals surface area contributed by atoms with Gasteiger partial charge in [-0.3, -0.25) is 0 Å². The Morgan fingerprint density at radius 2 is 1.75 bits per heavy atom. The van der Waals surface area contributed by atoms with Crippen LogP contribution in [0.5, 0.6) is 0 Å². The fourth-order valence-corrected chi connectivity index (χ4v) is 1.75. The third-order valence-corrected chi connectivity index (χ3v) is 2.39. The number of hydrogen-bond donors (Lipinski definition) is 1. The molecule has 0 heterocycles. The molecule has 2 atom stereocenters. The fraction of sp³-hybridized carbons (Fsp3) is 0.889. The van der Waals surface area contributed by atoms with Crippen molar-refractivity contribution in [3.8, 4) is 0 Å². The van der Waals surface area contributed by atoms with Crippen LogP contribution in [0.2, 0.25) is 0 Å². The van der Waals surface area contributed by atoms with Gasteiger partial charge in [-0.1, -0.05) is 20.3 Å². The van der Waals surface area contributed by atoms with Crippen molar-refractivity contribution in [1.82, 2.24) is 0 Å². The van der Waals surface area contributed by atoms with Gasteiger partial charge in [0.15, 0.2) is 0 Å². The average Bonchev–Trinajstić information content (AvgIpc) is 2.13. The largest absolute Gasteiger partial charge is 1.00 e. The first-order valence-corrected chi connectivity index (χ1v) is 3.90. The Bertz CT molecular complexity index is 96.5. The predicted octanol–water partition coefficient (Wildman–Crippen LogP) is -0.919. The van der Waals surface area contributed by atoms with Crippen molar-refractivity contribution in [3.63, 3.8) is 0 Å². The Hall–Kier alpha value is 1.56. The second-order valence-corrected chi connectivity index (χ2v) is 3.41. The van der Waals surface area contributed by atoms with Crippen LogP contribution in [0.1, 0.15) is 33.1 Å². The van der Waals surface area contributed by atoms with Crippen molar-refractivity contribution >= 4 is 0 Å². The summed E-state index contributed by atoms with van der Waals surface area (Å²) in [5.41, 5.74) is 0. The van der Waals surface area contributed by atoms with Crippen molar-refractivity contribution in [1.29, 1.82) is 0 Å². The van der Waals surface area contributed by atoms with Gasteiger partial charge in [-0.15, -0.1) is 0 Å². The van der Waals surface area contributed by atoms with Crippen LogP contribution in [0, 0.1) is 19.3 Å². The van der Waals surface area contributed by atoms with Gasteiger partial charge in [0, 0.05) is 0 Å². The average molecular weight is 199 g/mol. The zero-order valence-corrected chi connectivity index (χ0v) is 11.9. The molecule has 2 nitrogen and oxygen atoms in total. The summed E-state index contributed by atoms with van der Waals surface area (Å²) >= 11 is 0. The van der Waals surface area contributed by atoms with Crippen LogP contribution in [0.15, 0.2) is 0 Å². The summed E-state index contributed by atoms with van der Waals surface area (Å²) in [6, 6.07) is 0. The minimum Gasteiger partial charge on any atom is -0.870 e. The van der Waals surface area contributed by atoms with Gasteiger partial charge in [-0.05, 0) is 24.7 Å². The standard InChI is InChI=1S/C8H16O.CH3.K.H2O/c1-6(2)7-4-3-5-8(7)9;;;/h6-9H,3-5H2,1-2H3;1H3;;1H2/q;-1;+1;/p-1. The number of hydrogen-bond acceptors (Lipinski definition) is 2. The van der Waals surface area contributed by atoms with E-state index in [1.54, 1.807) is 0 Å². The Balaban J connectivity index is -0.000000270. The third kappa shape index (κ3) is 5.32. The summed E-state index contributed by atoms with van der Waals surface area (Å²) in [6.45, 7) is 4.39. The second-order valence-electron chi connectivity index (χ2n) is 3.41. The van der Waals surface area contributed by atoms with E-state index in [-0.39, 0.29) is 70.4 Å². The molecule has 12 heavy (non-hydrogen) atoms. The molecule has 0 aromatic heterocycles. The molecule has 0 aromatic carbocycles. The van der Waals surface area contributed by atoms with E-state index in [1.807, 2.05) is 0 Å². The topological polar surface area (TPSA) is 50.2 Å². The first-order chi connectivity index (χ1) is 4.22. The van der Waals surface area contributed by atoms with E-state index in [9.17, 15) is 5.11 Å². The third-order valence-electron chi connectivity index (χ3n) is 2.39. The Morgan fingerprint density at radius 3 is 1.92 bits per heavy atom. The maximum atomic E-state index is 9.36. The van der Waals surface area contributed by atoms with Gasteiger partial charge in [-0.2, -0.15) is 0 Å². The molecule has 0 radical (unpaired) electrons. The first kappa shape index (κ1) is 19.2. The van der Waals surface area contributed by atoms with E-state index in [1.165, 1.54) is 12.8 Å². The molecule has 70 valence electrons. The van der Waals surface area contributed by atoms with E-state index in [0.29, 0.717) is 11.8 Å². The van der Waals surface area contributed by atoms with Gasteiger partial charge < -0.3 is 18.0 Å². The van der Waals surface area contributed by atoms with Gasteiger partial charge in [0.1, 0.15) is 0 Å². The molecule has 0 amide bonds. The van der Waals surface area contributed by atoms with Crippen LogP contribution < -0.4 is 51.4 Å². The van der Waals surface area contributed by atoms with Crippen molar-refractivity contribution in [2.75, 3.05) is 0 Å². The summed E-state index contributed by atoms with van der Waals surface area (Å²) in [6.07, 6.45) is 3.50. The van der Waals surface area contributed by atoms with Crippen LogP contribution in [0.3, 0.4) is 0 Å². The molecule has 0 spiro atoms. The van der Waals surface area contributed by atoms with Crippen LogP contribution in [-0.4, -0.2) is 16.7 Å². The Morgan fingerprint density at radius 1 is 1.25 bits per heavy atom. The van der Waals surface area contributed by atoms with Crippen LogP contribution >= 0.6 is 0 Å². The molecule has 0 aromatic rings. The number of rotatable bonds is 1.